The molecule has 0 fully saturated rings. The lowest BCUT2D eigenvalue weighted by Gasteiger charge is -2.22. The molecule has 1 atom stereocenters. The predicted octanol–water partition coefficient (Wildman–Crippen LogP) is 2.52. The summed E-state index contributed by atoms with van der Waals surface area (Å²) >= 11 is 0. The third-order valence-electron chi connectivity index (χ3n) is 3.00. The Bertz CT molecular complexity index is 371. The highest BCUT2D eigenvalue weighted by Gasteiger charge is 2.23. The maximum Gasteiger partial charge on any atom is 0.133 e. The molecular formula is C12H13FO. The third-order valence-corrected chi connectivity index (χ3v) is 3.00. The zero-order valence-electron chi connectivity index (χ0n) is 8.22. The van der Waals surface area contributed by atoms with Gasteiger partial charge in [0.25, 0.3) is 0 Å². The Hall–Kier alpha value is -1.18. The van der Waals surface area contributed by atoms with Gasteiger partial charge in [0.05, 0.1) is 0 Å². The molecule has 1 aromatic rings. The monoisotopic (exact) mass is 192 g/mol. The quantitative estimate of drug-likeness (QED) is 0.668. The van der Waals surface area contributed by atoms with E-state index in [1.165, 1.54) is 6.07 Å². The SMILES string of the molecule is CC(=O)C1CCc2c(F)cccc2C1. The molecule has 2 heteroatoms. The Morgan fingerprint density at radius 1 is 1.50 bits per heavy atom. The molecule has 1 aliphatic rings. The standard InChI is InChI=1S/C12H13FO/c1-8(14)9-5-6-11-10(7-9)3-2-4-12(11)13/h2-4,9H,5-7H2,1H3. The number of ketones is 1. The molecule has 2 rings (SSSR count). The minimum Gasteiger partial charge on any atom is -0.300 e. The van der Waals surface area contributed by atoms with Crippen molar-refractivity contribution in [1.82, 2.24) is 0 Å². The van der Waals surface area contributed by atoms with Crippen LogP contribution in [0.1, 0.15) is 24.5 Å². The fourth-order valence-electron chi connectivity index (χ4n) is 2.11. The van der Waals surface area contributed by atoms with Crippen molar-refractivity contribution >= 4 is 5.78 Å². The second-order valence-electron chi connectivity index (χ2n) is 3.93. The van der Waals surface area contributed by atoms with Gasteiger partial charge in [0.2, 0.25) is 0 Å². The van der Waals surface area contributed by atoms with Crippen molar-refractivity contribution in [3.8, 4) is 0 Å². The Morgan fingerprint density at radius 3 is 3.00 bits per heavy atom. The molecule has 14 heavy (non-hydrogen) atoms. The van der Waals surface area contributed by atoms with Crippen LogP contribution in [-0.4, -0.2) is 5.78 Å². The molecule has 1 unspecified atom stereocenters. The average Bonchev–Trinajstić information content (AvgIpc) is 2.17. The molecule has 0 aromatic heterocycles. The highest BCUT2D eigenvalue weighted by Crippen LogP contribution is 2.27. The highest BCUT2D eigenvalue weighted by molar-refractivity contribution is 5.79. The smallest absolute Gasteiger partial charge is 0.133 e. The normalized spacial score (nSPS) is 20.3. The summed E-state index contributed by atoms with van der Waals surface area (Å²) < 4.78 is 13.3. The van der Waals surface area contributed by atoms with E-state index in [0.29, 0.717) is 12.8 Å². The Labute approximate surface area is 82.9 Å². The molecule has 0 aliphatic heterocycles. The molecule has 1 nitrogen and oxygen atoms in total. The summed E-state index contributed by atoms with van der Waals surface area (Å²) in [6.45, 7) is 1.62. The topological polar surface area (TPSA) is 17.1 Å². The first-order valence-electron chi connectivity index (χ1n) is 4.95. The Balaban J connectivity index is 2.31. The van der Waals surface area contributed by atoms with Crippen LogP contribution in [0.15, 0.2) is 18.2 Å². The van der Waals surface area contributed by atoms with Crippen molar-refractivity contribution in [2.75, 3.05) is 0 Å². The van der Waals surface area contributed by atoms with E-state index in [1.807, 2.05) is 6.07 Å². The van der Waals surface area contributed by atoms with Crippen molar-refractivity contribution < 1.29 is 9.18 Å². The van der Waals surface area contributed by atoms with Crippen LogP contribution in [-0.2, 0) is 17.6 Å². The summed E-state index contributed by atoms with van der Waals surface area (Å²) in [5.41, 5.74) is 1.82. The van der Waals surface area contributed by atoms with E-state index in [1.54, 1.807) is 13.0 Å². The Kier molecular flexibility index (Phi) is 2.36. The molecule has 1 aliphatic carbocycles. The summed E-state index contributed by atoms with van der Waals surface area (Å²) in [7, 11) is 0. The molecule has 0 radical (unpaired) electrons. The fraction of sp³-hybridized carbons (Fsp3) is 0.417. The number of benzene rings is 1. The molecular weight excluding hydrogens is 179 g/mol. The molecule has 0 amide bonds. The van der Waals surface area contributed by atoms with Crippen molar-refractivity contribution in [2.24, 2.45) is 5.92 Å². The van der Waals surface area contributed by atoms with Crippen molar-refractivity contribution in [3.63, 3.8) is 0 Å². The van der Waals surface area contributed by atoms with E-state index in [9.17, 15) is 9.18 Å². The number of halogens is 1. The number of hydrogen-bond donors (Lipinski definition) is 0. The van der Waals surface area contributed by atoms with Crippen LogP contribution in [0, 0.1) is 11.7 Å². The van der Waals surface area contributed by atoms with Gasteiger partial charge in [0, 0.05) is 5.92 Å². The second kappa shape index (κ2) is 3.52. The lowest BCUT2D eigenvalue weighted by Crippen LogP contribution is -2.21. The molecule has 0 saturated heterocycles. The summed E-state index contributed by atoms with van der Waals surface area (Å²) in [5, 5.41) is 0. The number of carbonyl (C=O) groups excluding carboxylic acids is 1. The summed E-state index contributed by atoms with van der Waals surface area (Å²) in [4.78, 5) is 11.2. The largest absolute Gasteiger partial charge is 0.300 e. The average molecular weight is 192 g/mol. The summed E-state index contributed by atoms with van der Waals surface area (Å²) in [6, 6.07) is 5.14. The first-order chi connectivity index (χ1) is 6.68. The van der Waals surface area contributed by atoms with E-state index in [-0.39, 0.29) is 17.5 Å². The molecule has 0 N–H and O–H groups in total. The maximum atomic E-state index is 13.3. The molecule has 0 saturated carbocycles. The van der Waals surface area contributed by atoms with E-state index in [2.05, 4.69) is 0 Å². The molecule has 0 spiro atoms. The number of hydrogen-bond acceptors (Lipinski definition) is 1. The number of rotatable bonds is 1. The second-order valence-corrected chi connectivity index (χ2v) is 3.93. The van der Waals surface area contributed by atoms with Gasteiger partial charge in [-0.05, 0) is 43.4 Å². The molecule has 1 aromatic carbocycles. The minimum atomic E-state index is -0.121. The van der Waals surface area contributed by atoms with Gasteiger partial charge >= 0.3 is 0 Å². The van der Waals surface area contributed by atoms with E-state index in [4.69, 9.17) is 0 Å². The Morgan fingerprint density at radius 2 is 2.29 bits per heavy atom. The lowest BCUT2D eigenvalue weighted by molar-refractivity contribution is -0.121. The highest BCUT2D eigenvalue weighted by atomic mass is 19.1. The predicted molar refractivity (Wildman–Crippen MR) is 52.6 cm³/mol. The van der Waals surface area contributed by atoms with Gasteiger partial charge in [-0.1, -0.05) is 12.1 Å². The van der Waals surface area contributed by atoms with Crippen LogP contribution in [0.25, 0.3) is 0 Å². The van der Waals surface area contributed by atoms with Gasteiger partial charge in [-0.15, -0.1) is 0 Å². The fourth-order valence-corrected chi connectivity index (χ4v) is 2.11. The van der Waals surface area contributed by atoms with E-state index < -0.39 is 0 Å². The number of Topliss-reactive ketones (excluding diaryl/α,β-unsaturated/α-hetero) is 1. The first-order valence-corrected chi connectivity index (χ1v) is 4.95. The van der Waals surface area contributed by atoms with Crippen molar-refractivity contribution in [2.45, 2.75) is 26.2 Å². The van der Waals surface area contributed by atoms with Crippen LogP contribution < -0.4 is 0 Å². The summed E-state index contributed by atoms with van der Waals surface area (Å²) in [6.07, 6.45) is 2.21. The van der Waals surface area contributed by atoms with Crippen molar-refractivity contribution in [3.05, 3.63) is 35.1 Å². The minimum absolute atomic E-state index is 0.101. The van der Waals surface area contributed by atoms with Crippen LogP contribution in [0.3, 0.4) is 0 Å². The molecule has 0 heterocycles. The lowest BCUT2D eigenvalue weighted by atomic mass is 9.82. The number of carbonyl (C=O) groups is 1. The van der Waals surface area contributed by atoms with Crippen LogP contribution in [0.5, 0.6) is 0 Å². The van der Waals surface area contributed by atoms with Gasteiger partial charge < -0.3 is 0 Å². The van der Waals surface area contributed by atoms with Crippen molar-refractivity contribution in [1.29, 1.82) is 0 Å². The van der Waals surface area contributed by atoms with Gasteiger partial charge in [-0.3, -0.25) is 4.79 Å². The van der Waals surface area contributed by atoms with Gasteiger partial charge in [0.15, 0.2) is 0 Å². The maximum absolute atomic E-state index is 13.3. The zero-order chi connectivity index (χ0) is 10.1. The third kappa shape index (κ3) is 1.57. The molecule has 0 bridgehead atoms. The van der Waals surface area contributed by atoms with Gasteiger partial charge in [-0.2, -0.15) is 0 Å². The van der Waals surface area contributed by atoms with Gasteiger partial charge in [-0.25, -0.2) is 4.39 Å². The van der Waals surface area contributed by atoms with Crippen LogP contribution >= 0.6 is 0 Å². The van der Waals surface area contributed by atoms with E-state index >= 15 is 0 Å². The molecule has 74 valence electrons. The summed E-state index contributed by atoms with van der Waals surface area (Å²) in [5.74, 6) is 0.203. The van der Waals surface area contributed by atoms with Crippen LogP contribution in [0.4, 0.5) is 4.39 Å². The first kappa shape index (κ1) is 9.38. The number of fused-ring (bicyclic) bond motifs is 1. The van der Waals surface area contributed by atoms with Crippen LogP contribution in [0.2, 0.25) is 0 Å². The zero-order valence-corrected chi connectivity index (χ0v) is 8.22. The van der Waals surface area contributed by atoms with E-state index in [0.717, 1.165) is 17.5 Å². The van der Waals surface area contributed by atoms with Gasteiger partial charge in [0.1, 0.15) is 11.6 Å².